The first-order chi connectivity index (χ1) is 12.2. The van der Waals surface area contributed by atoms with Crippen molar-refractivity contribution in [2.75, 3.05) is 0 Å². The summed E-state index contributed by atoms with van der Waals surface area (Å²) in [5, 5.41) is 4.18. The molecular formula is C18H17N5O2. The predicted molar refractivity (Wildman–Crippen MR) is 89.0 cm³/mol. The van der Waals surface area contributed by atoms with Gasteiger partial charge in [0.1, 0.15) is 11.5 Å². The van der Waals surface area contributed by atoms with Crippen molar-refractivity contribution in [3.8, 4) is 11.6 Å². The molecule has 0 spiro atoms. The van der Waals surface area contributed by atoms with Gasteiger partial charge in [-0.3, -0.25) is 9.78 Å². The van der Waals surface area contributed by atoms with Crippen LogP contribution in [0.2, 0.25) is 0 Å². The van der Waals surface area contributed by atoms with Crippen LogP contribution in [0.4, 0.5) is 0 Å². The first kappa shape index (κ1) is 14.5. The van der Waals surface area contributed by atoms with Gasteiger partial charge in [0, 0.05) is 35.7 Å². The molecule has 0 bridgehead atoms. The largest absolute Gasteiger partial charge is 0.332 e. The second-order valence-electron chi connectivity index (χ2n) is 6.99. The Kier molecular flexibility index (Phi) is 3.10. The zero-order chi connectivity index (χ0) is 16.9. The van der Waals surface area contributed by atoms with Crippen molar-refractivity contribution in [3.05, 3.63) is 58.2 Å². The average Bonchev–Trinajstić information content (AvgIpc) is 3.55. The average molecular weight is 335 g/mol. The van der Waals surface area contributed by atoms with Gasteiger partial charge in [0.05, 0.1) is 0 Å². The van der Waals surface area contributed by atoms with E-state index >= 15 is 0 Å². The summed E-state index contributed by atoms with van der Waals surface area (Å²) < 4.78 is 5.43. The van der Waals surface area contributed by atoms with Gasteiger partial charge in [-0.2, -0.15) is 4.98 Å². The van der Waals surface area contributed by atoms with Crippen LogP contribution in [-0.4, -0.2) is 25.1 Å². The molecule has 3 heterocycles. The molecule has 0 unspecified atom stereocenters. The molecule has 0 saturated heterocycles. The van der Waals surface area contributed by atoms with Crippen molar-refractivity contribution in [1.82, 2.24) is 25.1 Å². The van der Waals surface area contributed by atoms with E-state index in [0.29, 0.717) is 23.3 Å². The van der Waals surface area contributed by atoms with Crippen LogP contribution in [0.5, 0.6) is 0 Å². The number of pyridine rings is 1. The van der Waals surface area contributed by atoms with Crippen LogP contribution in [0.25, 0.3) is 11.6 Å². The van der Waals surface area contributed by atoms with Crippen LogP contribution < -0.4 is 5.56 Å². The predicted octanol–water partition coefficient (Wildman–Crippen LogP) is 2.37. The number of hydrogen-bond acceptors (Lipinski definition) is 6. The summed E-state index contributed by atoms with van der Waals surface area (Å²) in [5.41, 5.74) is 1.20. The van der Waals surface area contributed by atoms with Gasteiger partial charge >= 0.3 is 0 Å². The summed E-state index contributed by atoms with van der Waals surface area (Å²) in [6, 6.07) is 7.33. The molecule has 7 nitrogen and oxygen atoms in total. The van der Waals surface area contributed by atoms with Crippen molar-refractivity contribution in [3.63, 3.8) is 0 Å². The van der Waals surface area contributed by atoms with Gasteiger partial charge in [-0.15, -0.1) is 0 Å². The molecule has 126 valence electrons. The third-order valence-electron chi connectivity index (χ3n) is 4.94. The van der Waals surface area contributed by atoms with Crippen LogP contribution in [0, 0.1) is 0 Å². The van der Waals surface area contributed by atoms with E-state index < -0.39 is 0 Å². The van der Waals surface area contributed by atoms with Gasteiger partial charge in [0.25, 0.3) is 11.4 Å². The van der Waals surface area contributed by atoms with Crippen molar-refractivity contribution in [2.45, 2.75) is 43.4 Å². The summed E-state index contributed by atoms with van der Waals surface area (Å²) in [7, 11) is 0. The van der Waals surface area contributed by atoms with E-state index in [0.717, 1.165) is 43.6 Å². The van der Waals surface area contributed by atoms with Crippen LogP contribution >= 0.6 is 0 Å². The fraction of sp³-hybridized carbons (Fsp3) is 0.389. The van der Waals surface area contributed by atoms with Crippen LogP contribution in [0.15, 0.2) is 39.8 Å². The Morgan fingerprint density at radius 3 is 2.84 bits per heavy atom. The lowest BCUT2D eigenvalue weighted by Gasteiger charge is -2.09. The number of nitrogens with zero attached hydrogens (tertiary/aromatic N) is 4. The van der Waals surface area contributed by atoms with E-state index in [1.54, 1.807) is 6.20 Å². The van der Waals surface area contributed by atoms with E-state index in [4.69, 9.17) is 4.52 Å². The van der Waals surface area contributed by atoms with Crippen LogP contribution in [0.3, 0.4) is 0 Å². The molecule has 2 saturated carbocycles. The Hall–Kier alpha value is -2.83. The first-order valence-corrected chi connectivity index (χ1v) is 8.58. The molecule has 0 aromatic carbocycles. The Labute approximate surface area is 143 Å². The normalized spacial score (nSPS) is 18.2. The quantitative estimate of drug-likeness (QED) is 0.769. The molecule has 0 radical (unpaired) electrons. The molecule has 0 aliphatic heterocycles. The van der Waals surface area contributed by atoms with Crippen LogP contribution in [0.1, 0.15) is 48.9 Å². The fourth-order valence-electron chi connectivity index (χ4n) is 3.16. The smallest absolute Gasteiger partial charge is 0.276 e. The second-order valence-corrected chi connectivity index (χ2v) is 6.99. The molecule has 7 heteroatoms. The maximum Gasteiger partial charge on any atom is 0.276 e. The summed E-state index contributed by atoms with van der Waals surface area (Å²) in [6.45, 7) is 0. The molecule has 0 amide bonds. The number of aromatic nitrogens is 5. The highest BCUT2D eigenvalue weighted by Gasteiger charge is 2.48. The second kappa shape index (κ2) is 5.34. The number of hydrogen-bond donors (Lipinski definition) is 1. The lowest BCUT2D eigenvalue weighted by molar-refractivity contribution is 0.411. The highest BCUT2D eigenvalue weighted by Crippen LogP contribution is 2.49. The maximum atomic E-state index is 11.9. The summed E-state index contributed by atoms with van der Waals surface area (Å²) in [6.07, 6.45) is 6.75. The molecule has 25 heavy (non-hydrogen) atoms. The highest BCUT2D eigenvalue weighted by molar-refractivity contribution is 5.46. The van der Waals surface area contributed by atoms with Crippen molar-refractivity contribution < 1.29 is 4.52 Å². The molecule has 3 aromatic heterocycles. The van der Waals surface area contributed by atoms with E-state index in [1.807, 2.05) is 18.2 Å². The molecule has 2 fully saturated rings. The van der Waals surface area contributed by atoms with E-state index in [-0.39, 0.29) is 11.0 Å². The van der Waals surface area contributed by atoms with Gasteiger partial charge in [0.15, 0.2) is 5.82 Å². The number of H-pyrrole nitrogens is 1. The Bertz CT molecular complexity index is 970. The topological polar surface area (TPSA) is 97.6 Å². The monoisotopic (exact) mass is 335 g/mol. The summed E-state index contributed by atoms with van der Waals surface area (Å²) in [5.74, 6) is 2.07. The van der Waals surface area contributed by atoms with Gasteiger partial charge in [-0.05, 0) is 37.8 Å². The minimum absolute atomic E-state index is 0.101. The summed E-state index contributed by atoms with van der Waals surface area (Å²) >= 11 is 0. The third-order valence-corrected chi connectivity index (χ3v) is 4.94. The standard InChI is InChI=1S/C18H17N5O2/c24-14-9-13(20-15(21-14)11-4-5-11)16-22-17(23-25-16)18(6-7-18)10-12-3-1-2-8-19-12/h1-3,8-9,11H,4-7,10H2,(H,20,21,24). The van der Waals surface area contributed by atoms with Gasteiger partial charge in [0.2, 0.25) is 0 Å². The Balaban J connectivity index is 1.45. The molecule has 1 N–H and O–H groups in total. The lowest BCUT2D eigenvalue weighted by Crippen LogP contribution is -2.14. The molecule has 2 aliphatic carbocycles. The number of aromatic amines is 1. The van der Waals surface area contributed by atoms with Crippen LogP contribution in [-0.2, 0) is 11.8 Å². The molecule has 3 aromatic rings. The Morgan fingerprint density at radius 1 is 1.24 bits per heavy atom. The molecular weight excluding hydrogens is 318 g/mol. The lowest BCUT2D eigenvalue weighted by atomic mass is 9.99. The van der Waals surface area contributed by atoms with Gasteiger partial charge in [-0.1, -0.05) is 11.2 Å². The van der Waals surface area contributed by atoms with E-state index in [1.165, 1.54) is 6.07 Å². The first-order valence-electron chi connectivity index (χ1n) is 8.58. The maximum absolute atomic E-state index is 11.9. The molecule has 2 aliphatic rings. The summed E-state index contributed by atoms with van der Waals surface area (Å²) in [4.78, 5) is 28.1. The van der Waals surface area contributed by atoms with Gasteiger partial charge < -0.3 is 9.51 Å². The number of rotatable bonds is 5. The SMILES string of the molecule is O=c1cc(-c2nc(C3(Cc4ccccn4)CC3)no2)nc(C2CC2)[nH]1. The zero-order valence-corrected chi connectivity index (χ0v) is 13.6. The molecule has 0 atom stereocenters. The third kappa shape index (κ3) is 2.75. The minimum Gasteiger partial charge on any atom is -0.332 e. The van der Waals surface area contributed by atoms with Crippen molar-refractivity contribution in [2.24, 2.45) is 0 Å². The minimum atomic E-state index is -0.179. The molecule has 5 rings (SSSR count). The highest BCUT2D eigenvalue weighted by atomic mass is 16.5. The Morgan fingerprint density at radius 2 is 2.12 bits per heavy atom. The van der Waals surface area contributed by atoms with E-state index in [9.17, 15) is 4.79 Å². The zero-order valence-electron chi connectivity index (χ0n) is 13.6. The van der Waals surface area contributed by atoms with Crippen molar-refractivity contribution >= 4 is 0 Å². The van der Waals surface area contributed by atoms with Crippen molar-refractivity contribution in [1.29, 1.82) is 0 Å². The van der Waals surface area contributed by atoms with E-state index in [2.05, 4.69) is 25.1 Å². The fourth-order valence-corrected chi connectivity index (χ4v) is 3.16. The van der Waals surface area contributed by atoms with Gasteiger partial charge in [-0.25, -0.2) is 4.98 Å². The number of nitrogens with one attached hydrogen (secondary N) is 1.